The first-order chi connectivity index (χ1) is 13.9. The fraction of sp³-hybridized carbons (Fsp3) is 0.250. The second-order valence-corrected chi connectivity index (χ2v) is 8.64. The topological polar surface area (TPSA) is 88.4 Å². The first-order valence-corrected chi connectivity index (χ1v) is 10.3. The normalized spacial score (nSPS) is 12.3. The number of halogens is 3. The minimum atomic E-state index is -4.66. The van der Waals surface area contributed by atoms with Crippen LogP contribution in [0, 0.1) is 20.8 Å². The van der Waals surface area contributed by atoms with Crippen LogP contribution >= 0.6 is 0 Å². The summed E-state index contributed by atoms with van der Waals surface area (Å²) < 4.78 is 67.8. The van der Waals surface area contributed by atoms with Gasteiger partial charge in [-0.1, -0.05) is 12.1 Å². The molecule has 0 saturated carbocycles. The summed E-state index contributed by atoms with van der Waals surface area (Å²) in [7, 11) is -4.33. The van der Waals surface area contributed by atoms with Crippen LogP contribution in [-0.2, 0) is 10.0 Å². The molecule has 0 spiro atoms. The quantitative estimate of drug-likeness (QED) is 0.614. The lowest BCUT2D eigenvalue weighted by Gasteiger charge is -2.10. The Balaban J connectivity index is 1.80. The molecule has 2 aromatic carbocycles. The van der Waals surface area contributed by atoms with E-state index >= 15 is 0 Å². The van der Waals surface area contributed by atoms with Gasteiger partial charge < -0.3 is 9.73 Å². The van der Waals surface area contributed by atoms with E-state index in [1.807, 2.05) is 26.0 Å². The number of fused-ring (bicyclic) bond motifs is 1. The average molecular weight is 440 g/mol. The van der Waals surface area contributed by atoms with Gasteiger partial charge in [0.1, 0.15) is 12.1 Å². The summed E-state index contributed by atoms with van der Waals surface area (Å²) in [6.45, 7) is 3.89. The summed E-state index contributed by atoms with van der Waals surface area (Å²) >= 11 is 0. The number of anilines is 1. The SMILES string of the molecule is Cc1ccc(C)c2c(C)c(C(=O)Nc3ccc(S(=O)(=O)NCC(F)(F)F)cc3)oc12. The van der Waals surface area contributed by atoms with Gasteiger partial charge >= 0.3 is 6.18 Å². The highest BCUT2D eigenvalue weighted by molar-refractivity contribution is 7.89. The van der Waals surface area contributed by atoms with Crippen LogP contribution in [0.2, 0.25) is 0 Å². The number of alkyl halides is 3. The number of aryl methyl sites for hydroxylation is 3. The van der Waals surface area contributed by atoms with Crippen LogP contribution in [0.4, 0.5) is 18.9 Å². The Kier molecular flexibility index (Phi) is 5.66. The number of carbonyl (C=O) groups excluding carboxylic acids is 1. The molecule has 0 aliphatic heterocycles. The zero-order chi connectivity index (χ0) is 22.3. The molecule has 0 aliphatic carbocycles. The van der Waals surface area contributed by atoms with Crippen LogP contribution in [0.15, 0.2) is 45.7 Å². The summed E-state index contributed by atoms with van der Waals surface area (Å²) in [5, 5.41) is 3.46. The molecular formula is C20H19F3N2O4S. The maximum atomic E-state index is 12.7. The van der Waals surface area contributed by atoms with Crippen molar-refractivity contribution in [1.82, 2.24) is 4.72 Å². The third-order valence-corrected chi connectivity index (χ3v) is 5.99. The molecule has 160 valence electrons. The first-order valence-electron chi connectivity index (χ1n) is 8.86. The Labute approximate surface area is 171 Å². The van der Waals surface area contributed by atoms with E-state index in [0.29, 0.717) is 11.1 Å². The van der Waals surface area contributed by atoms with Crippen molar-refractivity contribution >= 4 is 32.6 Å². The Morgan fingerprint density at radius 3 is 2.17 bits per heavy atom. The number of carbonyl (C=O) groups is 1. The number of hydrogen-bond acceptors (Lipinski definition) is 4. The minimum Gasteiger partial charge on any atom is -0.450 e. The van der Waals surface area contributed by atoms with Crippen LogP contribution < -0.4 is 10.0 Å². The van der Waals surface area contributed by atoms with Crippen LogP contribution in [0.25, 0.3) is 11.0 Å². The summed E-state index contributed by atoms with van der Waals surface area (Å²) in [4.78, 5) is 12.3. The first kappa shape index (κ1) is 21.8. The maximum absolute atomic E-state index is 12.7. The van der Waals surface area contributed by atoms with Gasteiger partial charge in [0.2, 0.25) is 10.0 Å². The van der Waals surface area contributed by atoms with E-state index in [9.17, 15) is 26.4 Å². The summed E-state index contributed by atoms with van der Waals surface area (Å²) in [6, 6.07) is 8.62. The fourth-order valence-corrected chi connectivity index (χ4v) is 4.07. The van der Waals surface area contributed by atoms with Gasteiger partial charge in [-0.25, -0.2) is 13.1 Å². The van der Waals surface area contributed by atoms with Crippen molar-refractivity contribution in [2.75, 3.05) is 11.9 Å². The molecule has 6 nitrogen and oxygen atoms in total. The van der Waals surface area contributed by atoms with E-state index in [1.165, 1.54) is 16.9 Å². The van der Waals surface area contributed by atoms with Gasteiger partial charge in [0.25, 0.3) is 5.91 Å². The van der Waals surface area contributed by atoms with Gasteiger partial charge in [0.05, 0.1) is 4.90 Å². The number of furan rings is 1. The number of benzene rings is 2. The average Bonchev–Trinajstić information content (AvgIpc) is 3.02. The second-order valence-electron chi connectivity index (χ2n) is 6.88. The number of rotatable bonds is 5. The van der Waals surface area contributed by atoms with Gasteiger partial charge in [-0.05, 0) is 56.2 Å². The summed E-state index contributed by atoms with van der Waals surface area (Å²) in [5.41, 5.74) is 3.42. The van der Waals surface area contributed by atoms with E-state index in [0.717, 1.165) is 28.6 Å². The molecule has 0 radical (unpaired) electrons. The molecule has 3 rings (SSSR count). The summed E-state index contributed by atoms with van der Waals surface area (Å²) in [5.74, 6) is -0.390. The highest BCUT2D eigenvalue weighted by Crippen LogP contribution is 2.31. The molecule has 0 aliphatic rings. The fourth-order valence-electron chi connectivity index (χ4n) is 3.06. The van der Waals surface area contributed by atoms with Crippen molar-refractivity contribution in [2.24, 2.45) is 0 Å². The van der Waals surface area contributed by atoms with Crippen LogP contribution in [0.3, 0.4) is 0 Å². The highest BCUT2D eigenvalue weighted by atomic mass is 32.2. The standard InChI is InChI=1S/C20H19F3N2O4S/c1-11-4-5-12(2)17-16(11)13(3)18(29-17)19(26)25-14-6-8-15(9-7-14)30(27,28)24-10-20(21,22)23/h4-9,24H,10H2,1-3H3,(H,25,26). The molecule has 10 heteroatoms. The Morgan fingerprint density at radius 2 is 1.60 bits per heavy atom. The lowest BCUT2D eigenvalue weighted by Crippen LogP contribution is -2.33. The number of amides is 1. The summed E-state index contributed by atoms with van der Waals surface area (Å²) in [6.07, 6.45) is -4.66. The number of nitrogens with one attached hydrogen (secondary N) is 2. The molecule has 0 fully saturated rings. The third-order valence-electron chi connectivity index (χ3n) is 4.57. The third kappa shape index (κ3) is 4.49. The molecule has 30 heavy (non-hydrogen) atoms. The molecule has 0 atom stereocenters. The van der Waals surface area contributed by atoms with Crippen molar-refractivity contribution in [2.45, 2.75) is 31.8 Å². The molecule has 1 heterocycles. The smallest absolute Gasteiger partial charge is 0.402 e. The van der Waals surface area contributed by atoms with Gasteiger partial charge in [0.15, 0.2) is 5.76 Å². The van der Waals surface area contributed by atoms with Crippen molar-refractivity contribution < 1.29 is 30.8 Å². The predicted octanol–water partition coefficient (Wildman–Crippen LogP) is 4.45. The monoisotopic (exact) mass is 440 g/mol. The lowest BCUT2D eigenvalue weighted by molar-refractivity contribution is -0.121. The molecule has 3 aromatic rings. The van der Waals surface area contributed by atoms with Gasteiger partial charge in [-0.2, -0.15) is 13.2 Å². The minimum absolute atomic E-state index is 0.131. The van der Waals surface area contributed by atoms with Gasteiger partial charge in [-0.15, -0.1) is 0 Å². The van der Waals surface area contributed by atoms with Gasteiger partial charge in [-0.3, -0.25) is 4.79 Å². The molecular weight excluding hydrogens is 421 g/mol. The van der Waals surface area contributed by atoms with E-state index in [-0.39, 0.29) is 16.3 Å². The Morgan fingerprint density at radius 1 is 1.00 bits per heavy atom. The van der Waals surface area contributed by atoms with Crippen LogP contribution in [0.5, 0.6) is 0 Å². The van der Waals surface area contributed by atoms with E-state index in [2.05, 4.69) is 5.32 Å². The molecule has 1 aromatic heterocycles. The predicted molar refractivity (Wildman–Crippen MR) is 106 cm³/mol. The Hall–Kier alpha value is -2.85. The van der Waals surface area contributed by atoms with Crippen molar-refractivity contribution in [3.8, 4) is 0 Å². The van der Waals surface area contributed by atoms with Crippen molar-refractivity contribution in [1.29, 1.82) is 0 Å². The zero-order valence-electron chi connectivity index (χ0n) is 16.3. The number of hydrogen-bond donors (Lipinski definition) is 2. The largest absolute Gasteiger partial charge is 0.450 e. The zero-order valence-corrected chi connectivity index (χ0v) is 17.2. The van der Waals surface area contributed by atoms with E-state index in [1.54, 1.807) is 6.92 Å². The maximum Gasteiger partial charge on any atom is 0.402 e. The molecule has 2 N–H and O–H groups in total. The molecule has 0 unspecified atom stereocenters. The second kappa shape index (κ2) is 7.77. The van der Waals surface area contributed by atoms with Crippen LogP contribution in [-0.4, -0.2) is 27.0 Å². The van der Waals surface area contributed by atoms with Crippen LogP contribution in [0.1, 0.15) is 27.2 Å². The highest BCUT2D eigenvalue weighted by Gasteiger charge is 2.30. The number of sulfonamides is 1. The Bertz CT molecular complexity index is 1210. The molecule has 0 bridgehead atoms. The van der Waals surface area contributed by atoms with Crippen molar-refractivity contribution in [3.05, 3.63) is 58.8 Å². The molecule has 0 saturated heterocycles. The van der Waals surface area contributed by atoms with E-state index < -0.39 is 28.7 Å². The molecule has 1 amide bonds. The lowest BCUT2D eigenvalue weighted by atomic mass is 10.0. The van der Waals surface area contributed by atoms with Crippen molar-refractivity contribution in [3.63, 3.8) is 0 Å². The van der Waals surface area contributed by atoms with E-state index in [4.69, 9.17) is 4.42 Å². The van der Waals surface area contributed by atoms with Gasteiger partial charge in [0, 0.05) is 16.6 Å².